The average Bonchev–Trinajstić information content (AvgIpc) is 2.45. The smallest absolute Gasteiger partial charge is 0.247 e. The molecule has 1 amide bonds. The molecule has 0 spiro atoms. The number of rotatable bonds is 3. The van der Waals surface area contributed by atoms with Crippen molar-refractivity contribution in [3.8, 4) is 0 Å². The number of benzene rings is 1. The van der Waals surface area contributed by atoms with E-state index in [0.717, 1.165) is 36.9 Å². The molecule has 0 radical (unpaired) electrons. The number of likely N-dealkylation sites (tertiary alicyclic amines) is 1. The lowest BCUT2D eigenvalue weighted by Crippen LogP contribution is -2.47. The highest BCUT2D eigenvalue weighted by molar-refractivity contribution is 5.95. The van der Waals surface area contributed by atoms with Crippen LogP contribution in [0.25, 0.3) is 5.57 Å². The maximum Gasteiger partial charge on any atom is 0.247 e. The van der Waals surface area contributed by atoms with E-state index in [2.05, 4.69) is 45.0 Å². The van der Waals surface area contributed by atoms with Crippen LogP contribution in [-0.4, -0.2) is 29.4 Å². The van der Waals surface area contributed by atoms with E-state index in [1.807, 2.05) is 4.90 Å². The number of nitrogens with two attached hydrogens (primary N) is 1. The molecule has 0 aliphatic carbocycles. The first kappa shape index (κ1) is 15.8. The van der Waals surface area contributed by atoms with Crippen molar-refractivity contribution in [3.05, 3.63) is 41.5 Å². The van der Waals surface area contributed by atoms with Gasteiger partial charge in [-0.2, -0.15) is 0 Å². The number of aryl methyl sites for hydroxylation is 1. The van der Waals surface area contributed by atoms with Gasteiger partial charge in [0, 0.05) is 24.7 Å². The van der Waals surface area contributed by atoms with Gasteiger partial charge < -0.3 is 10.6 Å². The first-order valence-electron chi connectivity index (χ1n) is 7.85. The Morgan fingerprint density at radius 1 is 1.38 bits per heavy atom. The Bertz CT molecular complexity index is 519. The fourth-order valence-electron chi connectivity index (χ4n) is 2.93. The molecule has 2 atom stereocenters. The third-order valence-corrected chi connectivity index (χ3v) is 4.30. The number of hydrogen-bond acceptors (Lipinski definition) is 2. The molecule has 114 valence electrons. The number of hydrogen-bond donors (Lipinski definition) is 1. The molecule has 2 rings (SSSR count). The molecule has 1 aliphatic rings. The predicted molar refractivity (Wildman–Crippen MR) is 87.8 cm³/mol. The van der Waals surface area contributed by atoms with E-state index in [1.54, 1.807) is 6.08 Å². The monoisotopic (exact) mass is 286 g/mol. The summed E-state index contributed by atoms with van der Waals surface area (Å²) in [7, 11) is 0. The number of allylic oxidation sites excluding steroid dienone is 1. The molecule has 1 aromatic rings. The van der Waals surface area contributed by atoms with Gasteiger partial charge in [-0.1, -0.05) is 36.8 Å². The van der Waals surface area contributed by atoms with Gasteiger partial charge in [0.25, 0.3) is 0 Å². The Hall–Kier alpha value is -1.61. The molecule has 3 nitrogen and oxygen atoms in total. The molecule has 0 aromatic heterocycles. The van der Waals surface area contributed by atoms with Crippen LogP contribution in [0.15, 0.2) is 30.3 Å². The first-order chi connectivity index (χ1) is 10.0. The van der Waals surface area contributed by atoms with Gasteiger partial charge in [-0.3, -0.25) is 4.79 Å². The van der Waals surface area contributed by atoms with E-state index in [-0.39, 0.29) is 18.0 Å². The van der Waals surface area contributed by atoms with Crippen molar-refractivity contribution in [3.63, 3.8) is 0 Å². The Kier molecular flexibility index (Phi) is 5.18. The van der Waals surface area contributed by atoms with Gasteiger partial charge in [0.05, 0.1) is 0 Å². The predicted octanol–water partition coefficient (Wildman–Crippen LogP) is 3.13. The molecule has 0 bridgehead atoms. The van der Waals surface area contributed by atoms with Crippen LogP contribution >= 0.6 is 0 Å². The summed E-state index contributed by atoms with van der Waals surface area (Å²) in [6, 6.07) is 8.82. The number of amides is 1. The molecule has 0 saturated carbocycles. The Morgan fingerprint density at radius 2 is 2.05 bits per heavy atom. The van der Waals surface area contributed by atoms with Crippen molar-refractivity contribution >= 4 is 11.5 Å². The van der Waals surface area contributed by atoms with Crippen molar-refractivity contribution in [1.29, 1.82) is 0 Å². The van der Waals surface area contributed by atoms with Crippen LogP contribution in [0.1, 0.15) is 44.2 Å². The second-order valence-electron chi connectivity index (χ2n) is 6.05. The lowest BCUT2D eigenvalue weighted by atomic mass is 9.97. The Morgan fingerprint density at radius 3 is 2.62 bits per heavy atom. The van der Waals surface area contributed by atoms with E-state index in [1.165, 1.54) is 5.56 Å². The molecule has 1 heterocycles. The molecule has 3 heteroatoms. The van der Waals surface area contributed by atoms with Crippen molar-refractivity contribution in [2.45, 2.75) is 52.1 Å². The zero-order valence-electron chi connectivity index (χ0n) is 13.3. The minimum absolute atomic E-state index is 0.117. The summed E-state index contributed by atoms with van der Waals surface area (Å²) in [5.74, 6) is 0.117. The standard InChI is InChI=1S/C18H26N2O/c1-4-15(16-7-5-13(2)6-8-16)12-18(21)20-10-9-17(19)11-14(20)3/h5-8,12,14,17H,4,9-11,19H2,1-3H3. The summed E-state index contributed by atoms with van der Waals surface area (Å²) >= 11 is 0. The maximum atomic E-state index is 12.5. The molecule has 1 aromatic carbocycles. The third-order valence-electron chi connectivity index (χ3n) is 4.30. The van der Waals surface area contributed by atoms with Crippen LogP contribution < -0.4 is 5.73 Å². The Balaban J connectivity index is 2.15. The molecule has 2 unspecified atom stereocenters. The summed E-state index contributed by atoms with van der Waals surface area (Å²) < 4.78 is 0. The van der Waals surface area contributed by atoms with Crippen LogP contribution in [-0.2, 0) is 4.79 Å². The molecular weight excluding hydrogens is 260 g/mol. The van der Waals surface area contributed by atoms with Gasteiger partial charge in [-0.25, -0.2) is 0 Å². The minimum atomic E-state index is 0.117. The van der Waals surface area contributed by atoms with E-state index < -0.39 is 0 Å². The summed E-state index contributed by atoms with van der Waals surface area (Å²) in [5.41, 5.74) is 9.44. The van der Waals surface area contributed by atoms with Crippen molar-refractivity contribution < 1.29 is 4.79 Å². The van der Waals surface area contributed by atoms with E-state index in [0.29, 0.717) is 0 Å². The molecular formula is C18H26N2O. The lowest BCUT2D eigenvalue weighted by molar-refractivity contribution is -0.129. The van der Waals surface area contributed by atoms with Crippen LogP contribution in [0.2, 0.25) is 0 Å². The topological polar surface area (TPSA) is 46.3 Å². The van der Waals surface area contributed by atoms with Gasteiger partial charge >= 0.3 is 0 Å². The summed E-state index contributed by atoms with van der Waals surface area (Å²) in [6.07, 6.45) is 4.45. The quantitative estimate of drug-likeness (QED) is 0.868. The van der Waals surface area contributed by atoms with Crippen LogP contribution in [0.4, 0.5) is 0 Å². The first-order valence-corrected chi connectivity index (χ1v) is 7.85. The van der Waals surface area contributed by atoms with Crippen molar-refractivity contribution in [1.82, 2.24) is 4.90 Å². The zero-order valence-corrected chi connectivity index (χ0v) is 13.3. The van der Waals surface area contributed by atoms with Crippen LogP contribution in [0, 0.1) is 6.92 Å². The fraction of sp³-hybridized carbons (Fsp3) is 0.500. The summed E-state index contributed by atoms with van der Waals surface area (Å²) in [4.78, 5) is 14.5. The van der Waals surface area contributed by atoms with Crippen LogP contribution in [0.3, 0.4) is 0 Å². The largest absolute Gasteiger partial charge is 0.336 e. The number of piperidine rings is 1. The highest BCUT2D eigenvalue weighted by Crippen LogP contribution is 2.21. The second-order valence-corrected chi connectivity index (χ2v) is 6.05. The van der Waals surface area contributed by atoms with Gasteiger partial charge in [0.1, 0.15) is 0 Å². The normalized spacial score (nSPS) is 23.2. The molecule has 1 saturated heterocycles. The van der Waals surface area contributed by atoms with Gasteiger partial charge in [-0.05, 0) is 44.2 Å². The highest BCUT2D eigenvalue weighted by Gasteiger charge is 2.26. The SMILES string of the molecule is CCC(=CC(=O)N1CCC(N)CC1C)c1ccc(C)cc1. The van der Waals surface area contributed by atoms with Crippen LogP contribution in [0.5, 0.6) is 0 Å². The second kappa shape index (κ2) is 6.90. The summed E-state index contributed by atoms with van der Waals surface area (Å²) in [5, 5.41) is 0. The average molecular weight is 286 g/mol. The minimum Gasteiger partial charge on any atom is -0.336 e. The number of carbonyl (C=O) groups excluding carboxylic acids is 1. The van der Waals surface area contributed by atoms with Gasteiger partial charge in [0.15, 0.2) is 0 Å². The van der Waals surface area contributed by atoms with Crippen molar-refractivity contribution in [2.24, 2.45) is 5.73 Å². The molecule has 1 aliphatic heterocycles. The maximum absolute atomic E-state index is 12.5. The molecule has 21 heavy (non-hydrogen) atoms. The summed E-state index contributed by atoms with van der Waals surface area (Å²) in [6.45, 7) is 7.02. The molecule has 1 fully saturated rings. The Labute approximate surface area is 127 Å². The molecule has 2 N–H and O–H groups in total. The van der Waals surface area contributed by atoms with Crippen molar-refractivity contribution in [2.75, 3.05) is 6.54 Å². The number of carbonyl (C=O) groups is 1. The zero-order chi connectivity index (χ0) is 15.4. The lowest BCUT2D eigenvalue weighted by Gasteiger charge is -2.35. The van der Waals surface area contributed by atoms with E-state index >= 15 is 0 Å². The third kappa shape index (κ3) is 3.94. The fourth-order valence-corrected chi connectivity index (χ4v) is 2.93. The number of nitrogens with zero attached hydrogens (tertiary/aromatic N) is 1. The van der Waals surface area contributed by atoms with Gasteiger partial charge in [0.2, 0.25) is 5.91 Å². The van der Waals surface area contributed by atoms with E-state index in [9.17, 15) is 4.79 Å². The highest BCUT2D eigenvalue weighted by atomic mass is 16.2. The van der Waals surface area contributed by atoms with E-state index in [4.69, 9.17) is 5.73 Å². The van der Waals surface area contributed by atoms with Gasteiger partial charge in [-0.15, -0.1) is 0 Å².